The Bertz CT molecular complexity index is 945. The summed E-state index contributed by atoms with van der Waals surface area (Å²) in [6, 6.07) is 8.57. The third kappa shape index (κ3) is 4.90. The van der Waals surface area contributed by atoms with Crippen LogP contribution in [0.4, 0.5) is 0 Å². The standard InChI is InChI=1S/C23H32N4O2S/c1-6-13-26-20(17-7-9-19(10-8-17)23(2,3)4)24-27(22(26)30)16-25-14-11-18(12-15-25)21(28)29-5/h6-10,18H,1,11-16H2,2-5H3/p+1. The maximum absolute atomic E-state index is 11.8. The van der Waals surface area contributed by atoms with Crippen LogP contribution in [0.15, 0.2) is 36.9 Å². The van der Waals surface area contributed by atoms with Crippen LogP contribution in [0, 0.1) is 10.7 Å². The first-order chi connectivity index (χ1) is 14.2. The van der Waals surface area contributed by atoms with Crippen molar-refractivity contribution in [3.63, 3.8) is 0 Å². The topological polar surface area (TPSA) is 53.5 Å². The summed E-state index contributed by atoms with van der Waals surface area (Å²) in [7, 11) is 1.46. The van der Waals surface area contributed by atoms with Crippen molar-refractivity contribution in [2.75, 3.05) is 20.2 Å². The quantitative estimate of drug-likeness (QED) is 0.436. The molecule has 1 aromatic carbocycles. The molecule has 2 aromatic rings. The number of aromatic nitrogens is 3. The predicted molar refractivity (Wildman–Crippen MR) is 121 cm³/mol. The first kappa shape index (κ1) is 22.4. The Morgan fingerprint density at radius 3 is 2.47 bits per heavy atom. The van der Waals surface area contributed by atoms with Crippen LogP contribution in [0.2, 0.25) is 0 Å². The van der Waals surface area contributed by atoms with Crippen LogP contribution in [0.5, 0.6) is 0 Å². The first-order valence-electron chi connectivity index (χ1n) is 10.6. The second-order valence-electron chi connectivity index (χ2n) is 9.04. The Hall–Kier alpha value is -2.25. The number of nitrogens with one attached hydrogen (secondary N) is 1. The van der Waals surface area contributed by atoms with Gasteiger partial charge in [-0.25, -0.2) is 0 Å². The second-order valence-corrected chi connectivity index (χ2v) is 9.40. The Kier molecular flexibility index (Phi) is 6.93. The largest absolute Gasteiger partial charge is 0.469 e. The molecule has 30 heavy (non-hydrogen) atoms. The minimum Gasteiger partial charge on any atom is -0.469 e. The summed E-state index contributed by atoms with van der Waals surface area (Å²) in [6.45, 7) is 13.6. The van der Waals surface area contributed by atoms with Gasteiger partial charge in [-0.3, -0.25) is 9.36 Å². The number of allylic oxidation sites excluding steroid dienone is 1. The van der Waals surface area contributed by atoms with E-state index in [0.717, 1.165) is 37.3 Å². The molecule has 0 amide bonds. The third-order valence-corrected chi connectivity index (χ3v) is 6.28. The number of carbonyl (C=O) groups is 1. The van der Waals surface area contributed by atoms with Crippen LogP contribution in [-0.4, -0.2) is 40.5 Å². The molecule has 0 atom stereocenters. The van der Waals surface area contributed by atoms with E-state index < -0.39 is 0 Å². The summed E-state index contributed by atoms with van der Waals surface area (Å²) in [5, 5.41) is 4.87. The van der Waals surface area contributed by atoms with Gasteiger partial charge < -0.3 is 9.64 Å². The molecule has 1 aliphatic heterocycles. The number of hydrogen-bond acceptors (Lipinski definition) is 4. The fourth-order valence-corrected chi connectivity index (χ4v) is 4.24. The number of likely N-dealkylation sites (tertiary alicyclic amines) is 1. The fraction of sp³-hybridized carbons (Fsp3) is 0.522. The zero-order valence-corrected chi connectivity index (χ0v) is 19.3. The van der Waals surface area contributed by atoms with E-state index in [0.29, 0.717) is 18.0 Å². The summed E-state index contributed by atoms with van der Waals surface area (Å²) in [4.78, 5) is 13.1. The first-order valence-corrected chi connectivity index (χ1v) is 11.0. The number of hydrogen-bond donors (Lipinski definition) is 1. The van der Waals surface area contributed by atoms with Crippen molar-refractivity contribution in [1.82, 2.24) is 14.3 Å². The summed E-state index contributed by atoms with van der Waals surface area (Å²) >= 11 is 5.74. The van der Waals surface area contributed by atoms with E-state index in [4.69, 9.17) is 22.1 Å². The molecule has 0 unspecified atom stereocenters. The number of nitrogens with zero attached hydrogens (tertiary/aromatic N) is 3. The van der Waals surface area contributed by atoms with Gasteiger partial charge in [0.05, 0.1) is 26.1 Å². The predicted octanol–water partition coefficient (Wildman–Crippen LogP) is 2.99. The lowest BCUT2D eigenvalue weighted by molar-refractivity contribution is -0.929. The van der Waals surface area contributed by atoms with Gasteiger partial charge in [-0.15, -0.1) is 11.7 Å². The van der Waals surface area contributed by atoms with E-state index in [-0.39, 0.29) is 17.3 Å². The molecular formula is C23H33N4O2S+. The molecule has 1 saturated heterocycles. The normalized spacial score (nSPS) is 19.5. The van der Waals surface area contributed by atoms with Gasteiger partial charge in [0, 0.05) is 24.9 Å². The summed E-state index contributed by atoms with van der Waals surface area (Å²) in [6.07, 6.45) is 3.52. The molecule has 6 nitrogen and oxygen atoms in total. The highest BCUT2D eigenvalue weighted by atomic mass is 32.1. The van der Waals surface area contributed by atoms with Crippen LogP contribution in [-0.2, 0) is 28.2 Å². The average Bonchev–Trinajstić information content (AvgIpc) is 3.03. The maximum atomic E-state index is 11.8. The summed E-state index contributed by atoms with van der Waals surface area (Å²) in [5.74, 6) is 0.785. The van der Waals surface area contributed by atoms with E-state index in [1.165, 1.54) is 17.6 Å². The molecule has 1 aliphatic rings. The molecule has 1 aromatic heterocycles. The zero-order chi connectivity index (χ0) is 21.9. The minimum atomic E-state index is -0.0955. The summed E-state index contributed by atoms with van der Waals surface area (Å²) in [5.41, 5.74) is 2.45. The van der Waals surface area contributed by atoms with E-state index in [2.05, 4.69) is 51.6 Å². The SMILES string of the molecule is C=CCn1c(-c2ccc(C(C)(C)C)cc2)nn(C[NH+]2CCC(C(=O)OC)CC2)c1=S. The van der Waals surface area contributed by atoms with Crippen molar-refractivity contribution in [1.29, 1.82) is 0 Å². The molecular weight excluding hydrogens is 396 g/mol. The molecule has 162 valence electrons. The van der Waals surface area contributed by atoms with Gasteiger partial charge in [0.25, 0.3) is 0 Å². The Balaban J connectivity index is 1.82. The van der Waals surface area contributed by atoms with Crippen LogP contribution < -0.4 is 4.90 Å². The minimum absolute atomic E-state index is 0.0157. The smallest absolute Gasteiger partial charge is 0.309 e. The highest BCUT2D eigenvalue weighted by Crippen LogP contribution is 2.26. The van der Waals surface area contributed by atoms with Crippen LogP contribution in [0.25, 0.3) is 11.4 Å². The molecule has 7 heteroatoms. The van der Waals surface area contributed by atoms with Crippen molar-refractivity contribution in [2.45, 2.75) is 52.2 Å². The van der Waals surface area contributed by atoms with E-state index in [1.54, 1.807) is 0 Å². The maximum Gasteiger partial charge on any atom is 0.309 e. The van der Waals surface area contributed by atoms with Gasteiger partial charge in [-0.1, -0.05) is 51.1 Å². The van der Waals surface area contributed by atoms with Crippen LogP contribution >= 0.6 is 12.2 Å². The number of methoxy groups -OCH3 is 1. The van der Waals surface area contributed by atoms with Gasteiger partial charge in [0.1, 0.15) is 0 Å². The van der Waals surface area contributed by atoms with Crippen molar-refractivity contribution < 1.29 is 14.4 Å². The fourth-order valence-electron chi connectivity index (χ4n) is 3.97. The van der Waals surface area contributed by atoms with Crippen molar-refractivity contribution in [3.8, 4) is 11.4 Å². The third-order valence-electron chi connectivity index (χ3n) is 5.84. The summed E-state index contributed by atoms with van der Waals surface area (Å²) < 4.78 is 9.55. The molecule has 0 bridgehead atoms. The molecule has 1 N–H and O–H groups in total. The molecule has 0 aliphatic carbocycles. The molecule has 2 heterocycles. The molecule has 0 spiro atoms. The van der Waals surface area contributed by atoms with Gasteiger partial charge in [0.2, 0.25) is 4.77 Å². The van der Waals surface area contributed by atoms with E-state index in [1.807, 2.05) is 15.3 Å². The van der Waals surface area contributed by atoms with Crippen LogP contribution in [0.1, 0.15) is 39.2 Å². The lowest BCUT2D eigenvalue weighted by Gasteiger charge is -2.27. The van der Waals surface area contributed by atoms with Crippen LogP contribution in [0.3, 0.4) is 0 Å². The van der Waals surface area contributed by atoms with E-state index in [9.17, 15) is 4.79 Å². The number of carbonyl (C=O) groups excluding carboxylic acids is 1. The lowest BCUT2D eigenvalue weighted by Crippen LogP contribution is -3.12. The monoisotopic (exact) mass is 429 g/mol. The second kappa shape index (κ2) is 9.27. The Labute approximate surface area is 184 Å². The van der Waals surface area contributed by atoms with E-state index >= 15 is 0 Å². The number of esters is 1. The lowest BCUT2D eigenvalue weighted by atomic mass is 9.87. The van der Waals surface area contributed by atoms with Gasteiger partial charge in [-0.05, 0) is 23.2 Å². The van der Waals surface area contributed by atoms with Crippen molar-refractivity contribution in [3.05, 3.63) is 47.3 Å². The molecule has 1 fully saturated rings. The number of benzene rings is 1. The number of quaternary nitrogens is 1. The Morgan fingerprint density at radius 2 is 1.93 bits per heavy atom. The van der Waals surface area contributed by atoms with Gasteiger partial charge in [-0.2, -0.15) is 4.68 Å². The molecule has 0 saturated carbocycles. The highest BCUT2D eigenvalue weighted by molar-refractivity contribution is 7.71. The Morgan fingerprint density at radius 1 is 1.30 bits per heavy atom. The average molecular weight is 430 g/mol. The highest BCUT2D eigenvalue weighted by Gasteiger charge is 2.28. The number of rotatable bonds is 6. The van der Waals surface area contributed by atoms with Gasteiger partial charge >= 0.3 is 5.97 Å². The molecule has 3 rings (SSSR count). The number of piperidine rings is 1. The number of ether oxygens (including phenoxy) is 1. The zero-order valence-electron chi connectivity index (χ0n) is 18.5. The van der Waals surface area contributed by atoms with Gasteiger partial charge in [0.15, 0.2) is 12.5 Å². The van der Waals surface area contributed by atoms with Crippen molar-refractivity contribution in [2.24, 2.45) is 5.92 Å². The van der Waals surface area contributed by atoms with Crippen molar-refractivity contribution >= 4 is 18.2 Å². The molecule has 0 radical (unpaired) electrons.